The molecule has 0 radical (unpaired) electrons. The van der Waals surface area contributed by atoms with E-state index in [0.717, 1.165) is 6.26 Å². The predicted molar refractivity (Wildman–Crippen MR) is 41.7 cm³/mol. The monoisotopic (exact) mass is 176 g/mol. The highest BCUT2D eigenvalue weighted by Gasteiger charge is 2.11. The van der Waals surface area contributed by atoms with E-state index in [1.165, 1.54) is 0 Å². The van der Waals surface area contributed by atoms with E-state index < -0.39 is 10.0 Å². The lowest BCUT2D eigenvalue weighted by molar-refractivity contribution is 0.603. The van der Waals surface area contributed by atoms with Gasteiger partial charge in [-0.1, -0.05) is 0 Å². The van der Waals surface area contributed by atoms with Gasteiger partial charge in [0.1, 0.15) is 11.7 Å². The molecule has 0 atom stereocenters. The summed E-state index contributed by atoms with van der Waals surface area (Å²) in [6, 6.07) is 0. The molecule has 1 aliphatic heterocycles. The lowest BCUT2D eigenvalue weighted by atomic mass is 10.4. The molecule has 0 bridgehead atoms. The highest BCUT2D eigenvalue weighted by atomic mass is 32.2. The summed E-state index contributed by atoms with van der Waals surface area (Å²) in [5, 5.41) is 3.55. The molecule has 0 aromatic rings. The van der Waals surface area contributed by atoms with Gasteiger partial charge in [0, 0.05) is 0 Å². The van der Waals surface area contributed by atoms with Crippen molar-refractivity contribution in [2.75, 3.05) is 6.26 Å². The van der Waals surface area contributed by atoms with Crippen LogP contribution in [0.1, 0.15) is 6.42 Å². The molecule has 0 amide bonds. The predicted octanol–water partition coefficient (Wildman–Crippen LogP) is -1.39. The molecular formula is C4H8N4O2S. The topological polar surface area (TPSA) is 96.9 Å². The van der Waals surface area contributed by atoms with Crippen LogP contribution in [0.5, 0.6) is 0 Å². The van der Waals surface area contributed by atoms with Gasteiger partial charge < -0.3 is 5.73 Å². The molecule has 1 rings (SSSR count). The first-order valence-electron chi connectivity index (χ1n) is 2.84. The fourth-order valence-corrected chi connectivity index (χ4v) is 1.15. The van der Waals surface area contributed by atoms with Crippen LogP contribution in [0.3, 0.4) is 0 Å². The van der Waals surface area contributed by atoms with Crippen LogP contribution in [0, 0.1) is 0 Å². The molecule has 7 heteroatoms. The van der Waals surface area contributed by atoms with E-state index in [9.17, 15) is 8.42 Å². The van der Waals surface area contributed by atoms with Gasteiger partial charge in [0.15, 0.2) is 0 Å². The van der Waals surface area contributed by atoms with E-state index in [1.807, 2.05) is 0 Å². The molecule has 11 heavy (non-hydrogen) atoms. The fourth-order valence-electron chi connectivity index (χ4n) is 0.640. The average molecular weight is 176 g/mol. The van der Waals surface area contributed by atoms with Crippen LogP contribution in [-0.2, 0) is 10.0 Å². The number of hydrogen-bond acceptors (Lipinski definition) is 4. The molecule has 62 valence electrons. The third kappa shape index (κ3) is 2.54. The Bertz CT molecular complexity index is 315. The molecule has 3 N–H and O–H groups in total. The molecule has 1 heterocycles. The van der Waals surface area contributed by atoms with Crippen molar-refractivity contribution >= 4 is 21.7 Å². The minimum Gasteiger partial charge on any atom is -0.385 e. The number of sulfonamides is 1. The number of nitrogens with one attached hydrogen (secondary N) is 1. The van der Waals surface area contributed by atoms with Crippen LogP contribution in [-0.4, -0.2) is 26.3 Å². The average Bonchev–Trinajstić information content (AvgIpc) is 2.10. The van der Waals surface area contributed by atoms with Crippen molar-refractivity contribution in [3.8, 4) is 0 Å². The van der Waals surface area contributed by atoms with Gasteiger partial charge in [-0.15, -0.1) is 4.40 Å². The molecule has 0 saturated heterocycles. The van der Waals surface area contributed by atoms with Crippen molar-refractivity contribution < 1.29 is 8.42 Å². The summed E-state index contributed by atoms with van der Waals surface area (Å²) >= 11 is 0. The normalized spacial score (nSPS) is 21.5. The van der Waals surface area contributed by atoms with Crippen LogP contribution < -0.4 is 11.2 Å². The molecule has 1 aliphatic rings. The second kappa shape index (κ2) is 2.50. The minimum absolute atomic E-state index is 0.269. The molecule has 0 fully saturated rings. The molecule has 0 aromatic heterocycles. The Kier molecular flexibility index (Phi) is 1.81. The Balaban J connectivity index is 2.75. The third-order valence-electron chi connectivity index (χ3n) is 0.953. The van der Waals surface area contributed by atoms with Gasteiger partial charge in [0.25, 0.3) is 10.0 Å². The largest absolute Gasteiger partial charge is 0.385 e. The fraction of sp³-hybridized carbons (Fsp3) is 0.500. The highest BCUT2D eigenvalue weighted by Crippen LogP contribution is 1.95. The SMILES string of the molecule is CS(=O)(=O)/N=C1/CC(N)=NN1. The van der Waals surface area contributed by atoms with Gasteiger partial charge in [-0.05, 0) is 0 Å². The van der Waals surface area contributed by atoms with Gasteiger partial charge in [-0.25, -0.2) is 8.42 Å². The van der Waals surface area contributed by atoms with Crippen LogP contribution in [0.4, 0.5) is 0 Å². The first-order chi connectivity index (χ1) is 4.97. The van der Waals surface area contributed by atoms with Gasteiger partial charge in [-0.2, -0.15) is 5.10 Å². The molecule has 6 nitrogen and oxygen atoms in total. The maximum Gasteiger partial charge on any atom is 0.251 e. The summed E-state index contributed by atoms with van der Waals surface area (Å²) in [6.45, 7) is 0. The second-order valence-electron chi connectivity index (χ2n) is 2.16. The van der Waals surface area contributed by atoms with Crippen LogP contribution >= 0.6 is 0 Å². The van der Waals surface area contributed by atoms with Crippen LogP contribution in [0.2, 0.25) is 0 Å². The summed E-state index contributed by atoms with van der Waals surface area (Å²) < 4.78 is 24.5. The zero-order valence-electron chi connectivity index (χ0n) is 5.90. The lowest BCUT2D eigenvalue weighted by Crippen LogP contribution is -2.14. The van der Waals surface area contributed by atoms with Crippen molar-refractivity contribution in [1.29, 1.82) is 0 Å². The minimum atomic E-state index is -3.33. The maximum absolute atomic E-state index is 10.6. The van der Waals surface area contributed by atoms with Gasteiger partial charge >= 0.3 is 0 Å². The first kappa shape index (κ1) is 7.99. The smallest absolute Gasteiger partial charge is 0.251 e. The summed E-state index contributed by atoms with van der Waals surface area (Å²) in [5.41, 5.74) is 7.65. The Morgan fingerprint density at radius 2 is 2.36 bits per heavy atom. The number of amidine groups is 2. The lowest BCUT2D eigenvalue weighted by Gasteiger charge is -1.92. The quantitative estimate of drug-likeness (QED) is 0.514. The number of nitrogens with zero attached hydrogens (tertiary/aromatic N) is 2. The molecule has 0 saturated carbocycles. The third-order valence-corrected chi connectivity index (χ3v) is 1.51. The zero-order chi connectivity index (χ0) is 8.48. The molecule has 0 aliphatic carbocycles. The zero-order valence-corrected chi connectivity index (χ0v) is 6.72. The summed E-state index contributed by atoms with van der Waals surface area (Å²) in [4.78, 5) is 0. The van der Waals surface area contributed by atoms with E-state index >= 15 is 0 Å². The summed E-state index contributed by atoms with van der Waals surface area (Å²) in [7, 11) is -3.33. The van der Waals surface area contributed by atoms with E-state index in [1.54, 1.807) is 0 Å². The molecular weight excluding hydrogens is 168 g/mol. The van der Waals surface area contributed by atoms with E-state index in [0.29, 0.717) is 5.84 Å². The van der Waals surface area contributed by atoms with E-state index in [4.69, 9.17) is 5.73 Å². The highest BCUT2D eigenvalue weighted by molar-refractivity contribution is 7.89. The first-order valence-corrected chi connectivity index (χ1v) is 4.69. The Morgan fingerprint density at radius 3 is 2.73 bits per heavy atom. The number of hydrazone groups is 1. The van der Waals surface area contributed by atoms with Crippen LogP contribution in [0.25, 0.3) is 0 Å². The van der Waals surface area contributed by atoms with Crippen molar-refractivity contribution in [2.24, 2.45) is 15.2 Å². The van der Waals surface area contributed by atoms with Gasteiger partial charge in [-0.3, -0.25) is 5.43 Å². The van der Waals surface area contributed by atoms with Crippen molar-refractivity contribution in [2.45, 2.75) is 6.42 Å². The number of rotatable bonds is 1. The molecule has 0 unspecified atom stereocenters. The van der Waals surface area contributed by atoms with Crippen molar-refractivity contribution in [1.82, 2.24) is 5.43 Å². The van der Waals surface area contributed by atoms with E-state index in [2.05, 4.69) is 14.9 Å². The van der Waals surface area contributed by atoms with Crippen molar-refractivity contribution in [3.63, 3.8) is 0 Å². The maximum atomic E-state index is 10.6. The second-order valence-corrected chi connectivity index (χ2v) is 3.81. The Morgan fingerprint density at radius 1 is 1.73 bits per heavy atom. The Labute approximate surface area is 64.2 Å². The van der Waals surface area contributed by atoms with Gasteiger partial charge in [0.2, 0.25) is 0 Å². The molecule has 0 aromatic carbocycles. The molecule has 0 spiro atoms. The summed E-state index contributed by atoms with van der Waals surface area (Å²) in [5.74, 6) is 0.609. The van der Waals surface area contributed by atoms with Crippen LogP contribution in [0.15, 0.2) is 9.50 Å². The van der Waals surface area contributed by atoms with E-state index in [-0.39, 0.29) is 12.3 Å². The number of hydrogen-bond donors (Lipinski definition) is 2. The Hall–Kier alpha value is -1.11. The summed E-state index contributed by atoms with van der Waals surface area (Å²) in [6.07, 6.45) is 1.28. The number of nitrogens with two attached hydrogens (primary N) is 1. The van der Waals surface area contributed by atoms with Gasteiger partial charge in [0.05, 0.1) is 12.7 Å². The standard InChI is InChI=1S/C4H8N4O2S/c1-11(9,10)8-4-2-3(5)6-7-4/h2H2,1H3,(H2,5,6)(H,7,8). The van der Waals surface area contributed by atoms with Crippen molar-refractivity contribution in [3.05, 3.63) is 0 Å².